The van der Waals surface area contributed by atoms with Crippen LogP contribution in [0, 0.1) is 12.1 Å². The van der Waals surface area contributed by atoms with Crippen LogP contribution in [-0.4, -0.2) is 9.97 Å². The van der Waals surface area contributed by atoms with E-state index in [-0.39, 0.29) is 0 Å². The Hall–Kier alpha value is -1.51. The Morgan fingerprint density at radius 3 is 3.18 bits per heavy atom. The molecule has 0 N–H and O–H groups in total. The van der Waals surface area contributed by atoms with Gasteiger partial charge in [-0.25, -0.2) is 4.98 Å². The minimum absolute atomic E-state index is 0.481. The molecule has 0 aliphatic carbocycles. The molecular weight excluding hydrogens is 143 g/mol. The van der Waals surface area contributed by atoms with Crippen molar-refractivity contribution in [3.63, 3.8) is 0 Å². The number of halogens is 1. The molecular formula is C8H4FN2. The first-order chi connectivity index (χ1) is 5.36. The molecule has 1 radical (unpaired) electrons. The highest BCUT2D eigenvalue weighted by Gasteiger charge is 1.94. The lowest BCUT2D eigenvalue weighted by atomic mass is 10.3. The summed E-state index contributed by atoms with van der Waals surface area (Å²) in [6.45, 7) is 0. The van der Waals surface area contributed by atoms with Crippen molar-refractivity contribution >= 4 is 10.9 Å². The van der Waals surface area contributed by atoms with E-state index in [9.17, 15) is 4.39 Å². The van der Waals surface area contributed by atoms with Crippen LogP contribution in [0.25, 0.3) is 10.9 Å². The summed E-state index contributed by atoms with van der Waals surface area (Å²) in [5.41, 5.74) is 0.559. The highest BCUT2D eigenvalue weighted by Crippen LogP contribution is 2.08. The summed E-state index contributed by atoms with van der Waals surface area (Å²) in [4.78, 5) is 7.33. The van der Waals surface area contributed by atoms with Crippen LogP contribution in [-0.2, 0) is 0 Å². The smallest absolute Gasteiger partial charge is 0.213 e. The van der Waals surface area contributed by atoms with Crippen molar-refractivity contribution in [3.8, 4) is 0 Å². The molecule has 0 saturated carbocycles. The molecule has 0 saturated heterocycles. The first-order valence-electron chi connectivity index (χ1n) is 3.14. The maximum atomic E-state index is 12.5. The summed E-state index contributed by atoms with van der Waals surface area (Å²) < 4.78 is 12.5. The number of rotatable bonds is 0. The quantitative estimate of drug-likeness (QED) is 0.528. The fraction of sp³-hybridized carbons (Fsp3) is 0. The Labute approximate surface area is 62.7 Å². The maximum Gasteiger partial charge on any atom is 0.213 e. The highest BCUT2D eigenvalue weighted by atomic mass is 19.1. The normalized spacial score (nSPS) is 10.3. The molecule has 3 heteroatoms. The lowest BCUT2D eigenvalue weighted by Crippen LogP contribution is -1.83. The number of pyridine rings is 2. The fourth-order valence-electron chi connectivity index (χ4n) is 0.891. The molecule has 0 bridgehead atoms. The average molecular weight is 147 g/mol. The van der Waals surface area contributed by atoms with E-state index in [1.165, 1.54) is 12.3 Å². The van der Waals surface area contributed by atoms with Crippen LogP contribution in [0.4, 0.5) is 4.39 Å². The SMILES string of the molecule is Fc1ccc2c[c]ncc2n1. The van der Waals surface area contributed by atoms with E-state index >= 15 is 0 Å². The van der Waals surface area contributed by atoms with Gasteiger partial charge in [-0.2, -0.15) is 4.39 Å². The fourth-order valence-corrected chi connectivity index (χ4v) is 0.891. The van der Waals surface area contributed by atoms with Crippen LogP contribution in [0.15, 0.2) is 24.4 Å². The first kappa shape index (κ1) is 6.22. The highest BCUT2D eigenvalue weighted by molar-refractivity contribution is 5.76. The second-order valence-electron chi connectivity index (χ2n) is 2.14. The first-order valence-corrected chi connectivity index (χ1v) is 3.14. The Bertz CT molecular complexity index is 387. The average Bonchev–Trinajstić information content (AvgIpc) is 2.04. The second-order valence-corrected chi connectivity index (χ2v) is 2.14. The molecule has 2 aromatic heterocycles. The molecule has 2 heterocycles. The summed E-state index contributed by atoms with van der Waals surface area (Å²) >= 11 is 0. The van der Waals surface area contributed by atoms with E-state index in [0.29, 0.717) is 5.52 Å². The van der Waals surface area contributed by atoms with Gasteiger partial charge in [0.25, 0.3) is 0 Å². The van der Waals surface area contributed by atoms with Gasteiger partial charge in [0.1, 0.15) is 0 Å². The topological polar surface area (TPSA) is 25.8 Å². The Balaban J connectivity index is 2.83. The molecule has 0 aliphatic heterocycles. The van der Waals surface area contributed by atoms with Crippen LogP contribution < -0.4 is 0 Å². The van der Waals surface area contributed by atoms with Crippen LogP contribution in [0.1, 0.15) is 0 Å². The molecule has 0 fully saturated rings. The standard InChI is InChI=1S/C8H4FN2/c9-8-2-1-6-3-4-10-5-7(6)11-8/h1-3,5H. The number of hydrogen-bond acceptors (Lipinski definition) is 2. The zero-order valence-electron chi connectivity index (χ0n) is 5.58. The van der Waals surface area contributed by atoms with Crippen LogP contribution in [0.5, 0.6) is 0 Å². The van der Waals surface area contributed by atoms with Gasteiger partial charge in [-0.15, -0.1) is 0 Å². The molecule has 0 atom stereocenters. The Kier molecular flexibility index (Phi) is 1.28. The molecule has 2 aromatic rings. The number of hydrogen-bond donors (Lipinski definition) is 0. The molecule has 2 rings (SSSR count). The molecule has 11 heavy (non-hydrogen) atoms. The summed E-state index contributed by atoms with van der Waals surface area (Å²) in [6, 6.07) is 4.63. The van der Waals surface area contributed by atoms with Gasteiger partial charge in [0.15, 0.2) is 0 Å². The third-order valence-corrected chi connectivity index (χ3v) is 1.40. The molecule has 53 valence electrons. The van der Waals surface area contributed by atoms with Gasteiger partial charge in [-0.1, -0.05) is 0 Å². The third-order valence-electron chi connectivity index (χ3n) is 1.40. The van der Waals surface area contributed by atoms with Crippen molar-refractivity contribution in [1.82, 2.24) is 9.97 Å². The molecule has 0 unspecified atom stereocenters. The maximum absolute atomic E-state index is 12.5. The van der Waals surface area contributed by atoms with E-state index in [1.54, 1.807) is 12.1 Å². The monoisotopic (exact) mass is 147 g/mol. The van der Waals surface area contributed by atoms with Crippen LogP contribution in [0.3, 0.4) is 0 Å². The largest absolute Gasteiger partial charge is 0.252 e. The van der Waals surface area contributed by atoms with Crippen LogP contribution in [0.2, 0.25) is 0 Å². The van der Waals surface area contributed by atoms with E-state index < -0.39 is 5.95 Å². The minimum Gasteiger partial charge on any atom is -0.252 e. The Morgan fingerprint density at radius 2 is 2.27 bits per heavy atom. The predicted octanol–water partition coefficient (Wildman–Crippen LogP) is 1.57. The van der Waals surface area contributed by atoms with Gasteiger partial charge >= 0.3 is 0 Å². The summed E-state index contributed by atoms with van der Waals surface area (Å²) in [5, 5.41) is 0.849. The van der Waals surface area contributed by atoms with Crippen molar-refractivity contribution in [2.45, 2.75) is 0 Å². The molecule has 0 aliphatic rings. The summed E-state index contributed by atoms with van der Waals surface area (Å²) in [7, 11) is 0. The van der Waals surface area contributed by atoms with E-state index in [4.69, 9.17) is 0 Å². The zero-order valence-corrected chi connectivity index (χ0v) is 5.58. The van der Waals surface area contributed by atoms with E-state index in [1.807, 2.05) is 0 Å². The van der Waals surface area contributed by atoms with E-state index in [2.05, 4.69) is 16.2 Å². The molecule has 2 nitrogen and oxygen atoms in total. The van der Waals surface area contributed by atoms with Crippen molar-refractivity contribution < 1.29 is 4.39 Å². The second kappa shape index (κ2) is 2.27. The molecule has 0 aromatic carbocycles. The minimum atomic E-state index is -0.481. The molecule has 0 spiro atoms. The van der Waals surface area contributed by atoms with Gasteiger partial charge < -0.3 is 0 Å². The van der Waals surface area contributed by atoms with Gasteiger partial charge in [0.05, 0.1) is 17.9 Å². The molecule has 0 amide bonds. The lowest BCUT2D eigenvalue weighted by molar-refractivity contribution is 0.589. The van der Waals surface area contributed by atoms with Crippen molar-refractivity contribution in [2.24, 2.45) is 0 Å². The summed E-state index contributed by atoms with van der Waals surface area (Å²) in [6.07, 6.45) is 4.13. The Morgan fingerprint density at radius 1 is 1.36 bits per heavy atom. The number of fused-ring (bicyclic) bond motifs is 1. The van der Waals surface area contributed by atoms with Gasteiger partial charge in [-0.05, 0) is 18.2 Å². The summed E-state index contributed by atoms with van der Waals surface area (Å²) in [5.74, 6) is -0.481. The number of nitrogens with zero attached hydrogens (tertiary/aromatic N) is 2. The van der Waals surface area contributed by atoms with Gasteiger partial charge in [0.2, 0.25) is 5.95 Å². The van der Waals surface area contributed by atoms with Gasteiger partial charge in [0, 0.05) is 5.39 Å². The lowest BCUT2D eigenvalue weighted by Gasteiger charge is -1.92. The van der Waals surface area contributed by atoms with Crippen molar-refractivity contribution in [3.05, 3.63) is 36.5 Å². The van der Waals surface area contributed by atoms with Crippen molar-refractivity contribution in [1.29, 1.82) is 0 Å². The van der Waals surface area contributed by atoms with E-state index in [0.717, 1.165) is 5.39 Å². The van der Waals surface area contributed by atoms with Crippen LogP contribution >= 0.6 is 0 Å². The zero-order chi connectivity index (χ0) is 7.68. The predicted molar refractivity (Wildman–Crippen MR) is 38.3 cm³/mol. The van der Waals surface area contributed by atoms with Gasteiger partial charge in [-0.3, -0.25) is 4.98 Å². The third kappa shape index (κ3) is 1.05. The van der Waals surface area contributed by atoms with Crippen molar-refractivity contribution in [2.75, 3.05) is 0 Å². The number of aromatic nitrogens is 2.